The van der Waals surface area contributed by atoms with E-state index in [0.717, 1.165) is 58.0 Å². The number of imide groups is 2. The lowest BCUT2D eigenvalue weighted by atomic mass is 9.84. The summed E-state index contributed by atoms with van der Waals surface area (Å²) in [4.78, 5) is 58.3. The summed E-state index contributed by atoms with van der Waals surface area (Å²) in [6.07, 6.45) is 3.15. The normalized spacial score (nSPS) is 14.4. The predicted molar refractivity (Wildman–Crippen MR) is 188 cm³/mol. The van der Waals surface area contributed by atoms with Crippen molar-refractivity contribution in [3.05, 3.63) is 82.9 Å². The largest absolute Gasteiger partial charge is 0.496 e. The maximum atomic E-state index is 13.9. The molecule has 6 aromatic carbocycles. The minimum atomic E-state index is -0.314. The van der Waals surface area contributed by atoms with Gasteiger partial charge in [0.15, 0.2) is 0 Å². The molecular weight excluding hydrogens is 604 g/mol. The summed E-state index contributed by atoms with van der Waals surface area (Å²) in [5, 5.41) is 7.52. The Labute approximate surface area is 276 Å². The van der Waals surface area contributed by atoms with E-state index in [9.17, 15) is 19.2 Å². The lowest BCUT2D eigenvalue weighted by Gasteiger charge is -2.29. The van der Waals surface area contributed by atoms with Crippen molar-refractivity contribution < 1.29 is 28.7 Å². The van der Waals surface area contributed by atoms with E-state index in [1.807, 2.05) is 50.2 Å². The number of nitrogens with zero attached hydrogens (tertiary/aromatic N) is 2. The molecule has 0 spiro atoms. The number of carbonyl (C=O) groups excluding carboxylic acids is 4. The van der Waals surface area contributed by atoms with Gasteiger partial charge in [-0.1, -0.05) is 51.0 Å². The second kappa shape index (κ2) is 11.0. The molecule has 0 aliphatic carbocycles. The number of methoxy groups -OCH3 is 2. The van der Waals surface area contributed by atoms with Gasteiger partial charge in [-0.3, -0.25) is 29.0 Å². The van der Waals surface area contributed by atoms with Gasteiger partial charge in [-0.25, -0.2) is 0 Å². The van der Waals surface area contributed by atoms with Crippen LogP contribution in [0, 0.1) is 0 Å². The third-order valence-corrected chi connectivity index (χ3v) is 10.0. The van der Waals surface area contributed by atoms with Gasteiger partial charge in [-0.15, -0.1) is 0 Å². The van der Waals surface area contributed by atoms with Gasteiger partial charge in [0.2, 0.25) is 0 Å². The minimum Gasteiger partial charge on any atom is -0.496 e. The summed E-state index contributed by atoms with van der Waals surface area (Å²) >= 11 is 0. The lowest BCUT2D eigenvalue weighted by molar-refractivity contribution is 0.0593. The van der Waals surface area contributed by atoms with Crippen molar-refractivity contribution in [3.8, 4) is 11.5 Å². The van der Waals surface area contributed by atoms with Crippen LogP contribution in [0.5, 0.6) is 11.5 Å². The van der Waals surface area contributed by atoms with Crippen LogP contribution in [0.25, 0.3) is 53.9 Å². The first-order chi connectivity index (χ1) is 23.3. The molecule has 6 aromatic rings. The number of carbonyl (C=O) groups is 4. The van der Waals surface area contributed by atoms with Crippen molar-refractivity contribution >= 4 is 77.5 Å². The second-order valence-corrected chi connectivity index (χ2v) is 12.6. The summed E-state index contributed by atoms with van der Waals surface area (Å²) in [5.41, 5.74) is 1.85. The van der Waals surface area contributed by atoms with Gasteiger partial charge in [0.1, 0.15) is 11.5 Å². The zero-order valence-electron chi connectivity index (χ0n) is 27.4. The highest BCUT2D eigenvalue weighted by Gasteiger charge is 2.36. The quantitative estimate of drug-likeness (QED) is 0.123. The summed E-state index contributed by atoms with van der Waals surface area (Å²) in [6.45, 7) is 4.77. The molecule has 0 saturated heterocycles. The van der Waals surface area contributed by atoms with Crippen LogP contribution in [0.15, 0.2) is 60.7 Å². The number of rotatable bonds is 8. The maximum Gasteiger partial charge on any atom is 0.261 e. The average Bonchev–Trinajstić information content (AvgIpc) is 3.11. The summed E-state index contributed by atoms with van der Waals surface area (Å²) in [5.74, 6) is -0.171. The van der Waals surface area contributed by atoms with E-state index < -0.39 is 0 Å². The molecule has 0 atom stereocenters. The van der Waals surface area contributed by atoms with Gasteiger partial charge in [-0.05, 0) is 70.8 Å². The van der Waals surface area contributed by atoms with Gasteiger partial charge in [0.25, 0.3) is 23.6 Å². The highest BCUT2D eigenvalue weighted by atomic mass is 16.5. The predicted octanol–water partition coefficient (Wildman–Crippen LogP) is 8.26. The van der Waals surface area contributed by atoms with Crippen LogP contribution in [-0.4, -0.2) is 60.7 Å². The third-order valence-electron chi connectivity index (χ3n) is 10.0. The molecule has 4 amide bonds. The summed E-state index contributed by atoms with van der Waals surface area (Å²) < 4.78 is 11.9. The molecule has 0 bridgehead atoms. The molecule has 240 valence electrons. The summed E-state index contributed by atoms with van der Waals surface area (Å²) in [7, 11) is 3.17. The topological polar surface area (TPSA) is 93.2 Å². The first kappa shape index (κ1) is 29.9. The van der Waals surface area contributed by atoms with Gasteiger partial charge in [0, 0.05) is 67.7 Å². The van der Waals surface area contributed by atoms with E-state index in [2.05, 4.69) is 0 Å². The second-order valence-electron chi connectivity index (χ2n) is 12.6. The molecule has 0 radical (unpaired) electrons. The van der Waals surface area contributed by atoms with Crippen LogP contribution < -0.4 is 9.47 Å². The number of unbranched alkanes of at least 4 members (excludes halogenated alkanes) is 2. The number of hydrogen-bond donors (Lipinski definition) is 0. The van der Waals surface area contributed by atoms with Crippen LogP contribution in [0.4, 0.5) is 0 Å². The van der Waals surface area contributed by atoms with Crippen molar-refractivity contribution in [2.24, 2.45) is 0 Å². The number of fused-ring (bicyclic) bond motifs is 7. The number of hydrogen-bond acceptors (Lipinski definition) is 6. The van der Waals surface area contributed by atoms with E-state index in [-0.39, 0.29) is 23.6 Å². The van der Waals surface area contributed by atoms with Crippen LogP contribution in [0.1, 0.15) is 81.0 Å². The zero-order chi connectivity index (χ0) is 33.4. The lowest BCUT2D eigenvalue weighted by Crippen LogP contribution is -2.40. The highest BCUT2D eigenvalue weighted by Crippen LogP contribution is 2.48. The van der Waals surface area contributed by atoms with Crippen LogP contribution in [0.2, 0.25) is 0 Å². The van der Waals surface area contributed by atoms with E-state index in [0.29, 0.717) is 68.4 Å². The molecule has 8 nitrogen and oxygen atoms in total. The molecule has 0 saturated carbocycles. The third kappa shape index (κ3) is 3.95. The summed E-state index contributed by atoms with van der Waals surface area (Å²) in [6, 6.07) is 18.9. The maximum absolute atomic E-state index is 13.9. The Morgan fingerprint density at radius 1 is 0.458 bits per heavy atom. The molecule has 2 aliphatic rings. The Kier molecular flexibility index (Phi) is 6.87. The fourth-order valence-corrected chi connectivity index (χ4v) is 7.75. The monoisotopic (exact) mass is 638 g/mol. The van der Waals surface area contributed by atoms with E-state index in [1.165, 1.54) is 9.80 Å². The van der Waals surface area contributed by atoms with E-state index >= 15 is 0 Å². The average molecular weight is 639 g/mol. The molecule has 0 N–H and O–H groups in total. The highest BCUT2D eigenvalue weighted by molar-refractivity contribution is 6.40. The number of benzene rings is 6. The van der Waals surface area contributed by atoms with Gasteiger partial charge in [0.05, 0.1) is 14.2 Å². The Hall–Kier alpha value is -5.50. The number of amides is 4. The fraction of sp³-hybridized carbons (Fsp3) is 0.250. The minimum absolute atomic E-state index is 0.313. The van der Waals surface area contributed by atoms with Gasteiger partial charge < -0.3 is 9.47 Å². The molecule has 2 heterocycles. The fourth-order valence-electron chi connectivity index (χ4n) is 7.75. The van der Waals surface area contributed by atoms with Crippen LogP contribution >= 0.6 is 0 Å². The van der Waals surface area contributed by atoms with Crippen molar-refractivity contribution in [3.63, 3.8) is 0 Å². The molecule has 2 aliphatic heterocycles. The first-order valence-electron chi connectivity index (χ1n) is 16.5. The number of ether oxygens (including phenoxy) is 2. The zero-order valence-corrected chi connectivity index (χ0v) is 27.4. The standard InChI is InChI=1S/C40H34N2O6/c1-5-7-17-41-37(43)24-13-15-28(47-3)35-31-22(19-26(33(24)35)39(41)45)11-9-21-10-12-23-20-27-34-25(38(44)42(40(27)46)18-8-6-2)14-16-29(48-4)36(34)32(23)30(21)31/h9-16,19-20H,5-8,17-18H2,1-4H3. The van der Waals surface area contributed by atoms with Crippen LogP contribution in [-0.2, 0) is 0 Å². The van der Waals surface area contributed by atoms with Crippen LogP contribution in [0.3, 0.4) is 0 Å². The molecule has 0 aromatic heterocycles. The van der Waals surface area contributed by atoms with E-state index in [4.69, 9.17) is 9.47 Å². The van der Waals surface area contributed by atoms with Gasteiger partial charge >= 0.3 is 0 Å². The van der Waals surface area contributed by atoms with Crippen molar-refractivity contribution in [1.29, 1.82) is 0 Å². The molecule has 8 rings (SSSR count). The molecule has 0 fully saturated rings. The molecule has 0 unspecified atom stereocenters. The smallest absolute Gasteiger partial charge is 0.261 e. The SMILES string of the molecule is CCCCN1C(=O)c2ccc(OC)c3c2c(cc2ccc4ccc5cc6c7c(ccc(OC)c7c5c4c23)C(=O)N(CCCC)C6=O)C1=O. The Balaban J connectivity index is 1.56. The molecule has 48 heavy (non-hydrogen) atoms. The Bertz CT molecular complexity index is 2280. The van der Waals surface area contributed by atoms with Crippen molar-refractivity contribution in [1.82, 2.24) is 9.80 Å². The van der Waals surface area contributed by atoms with Crippen molar-refractivity contribution in [2.45, 2.75) is 39.5 Å². The first-order valence-corrected chi connectivity index (χ1v) is 16.5. The van der Waals surface area contributed by atoms with Gasteiger partial charge in [-0.2, -0.15) is 0 Å². The van der Waals surface area contributed by atoms with E-state index in [1.54, 1.807) is 38.5 Å². The Morgan fingerprint density at radius 2 is 0.833 bits per heavy atom. The molecular formula is C40H34N2O6. The molecule has 8 heteroatoms. The Morgan fingerprint density at radius 3 is 1.23 bits per heavy atom. The van der Waals surface area contributed by atoms with Crippen molar-refractivity contribution in [2.75, 3.05) is 27.3 Å².